The van der Waals surface area contributed by atoms with Crippen molar-refractivity contribution in [3.8, 4) is 5.75 Å². The number of likely N-dealkylation sites (tertiary alicyclic amines) is 1. The van der Waals surface area contributed by atoms with Crippen LogP contribution in [0.15, 0.2) is 24.3 Å². The van der Waals surface area contributed by atoms with Gasteiger partial charge in [-0.1, -0.05) is 12.1 Å². The van der Waals surface area contributed by atoms with Crippen LogP contribution in [0.4, 0.5) is 0 Å². The highest BCUT2D eigenvalue weighted by Crippen LogP contribution is 2.40. The molecule has 1 saturated heterocycles. The molecule has 1 aromatic rings. The molecule has 20 heavy (non-hydrogen) atoms. The molecular weight excluding hydrogens is 254 g/mol. The average molecular weight is 277 g/mol. The number of hydrogen-bond acceptors (Lipinski definition) is 4. The van der Waals surface area contributed by atoms with Gasteiger partial charge in [-0.3, -0.25) is 4.90 Å². The summed E-state index contributed by atoms with van der Waals surface area (Å²) >= 11 is 0. The summed E-state index contributed by atoms with van der Waals surface area (Å²) in [7, 11) is 0. The lowest BCUT2D eigenvalue weighted by atomic mass is 10.0. The van der Waals surface area contributed by atoms with Gasteiger partial charge in [0.2, 0.25) is 0 Å². The number of hydrogen-bond donors (Lipinski definition) is 3. The molecule has 3 unspecified atom stereocenters. The van der Waals surface area contributed by atoms with Crippen molar-refractivity contribution in [1.29, 1.82) is 0 Å². The molecular formula is C16H23NO3. The van der Waals surface area contributed by atoms with E-state index in [1.165, 1.54) is 0 Å². The van der Waals surface area contributed by atoms with Crippen LogP contribution < -0.4 is 0 Å². The Balaban J connectivity index is 1.65. The first-order valence-corrected chi connectivity index (χ1v) is 7.43. The first-order valence-electron chi connectivity index (χ1n) is 7.43. The van der Waals surface area contributed by atoms with Crippen LogP contribution in [0.2, 0.25) is 0 Å². The van der Waals surface area contributed by atoms with E-state index in [4.69, 9.17) is 0 Å². The normalized spacial score (nSPS) is 33.0. The van der Waals surface area contributed by atoms with Gasteiger partial charge in [0.25, 0.3) is 0 Å². The van der Waals surface area contributed by atoms with E-state index in [-0.39, 0.29) is 17.9 Å². The summed E-state index contributed by atoms with van der Waals surface area (Å²) in [5.74, 6) is 1.39. The number of aliphatic hydroxyl groups is 2. The third-order valence-corrected chi connectivity index (χ3v) is 5.02. The molecule has 2 fully saturated rings. The van der Waals surface area contributed by atoms with Crippen molar-refractivity contribution in [3.05, 3.63) is 29.8 Å². The second-order valence-corrected chi connectivity index (χ2v) is 6.38. The van der Waals surface area contributed by atoms with Crippen LogP contribution in [0.1, 0.15) is 31.4 Å². The molecule has 4 heteroatoms. The van der Waals surface area contributed by atoms with Gasteiger partial charge >= 0.3 is 0 Å². The van der Waals surface area contributed by atoms with Crippen LogP contribution in [0.3, 0.4) is 0 Å². The van der Waals surface area contributed by atoms with Crippen molar-refractivity contribution in [1.82, 2.24) is 4.90 Å². The van der Waals surface area contributed by atoms with Gasteiger partial charge in [0.15, 0.2) is 0 Å². The molecule has 1 aliphatic heterocycles. The molecule has 0 radical (unpaired) electrons. The maximum atomic E-state index is 10.5. The Morgan fingerprint density at radius 2 is 1.65 bits per heavy atom. The van der Waals surface area contributed by atoms with Gasteiger partial charge in [0, 0.05) is 19.1 Å². The standard InChI is InChI=1S/C16H23NO3/c1-10(16(20)11-2-4-14(18)5-3-11)17-8-12-6-15(19)7-13(12)9-17/h2-5,10,12-13,15-16,18-20H,6-9H2,1H3/t10?,12-,13+,15?,16?. The summed E-state index contributed by atoms with van der Waals surface area (Å²) < 4.78 is 0. The minimum Gasteiger partial charge on any atom is -0.508 e. The Morgan fingerprint density at radius 1 is 1.10 bits per heavy atom. The summed E-state index contributed by atoms with van der Waals surface area (Å²) in [5.41, 5.74) is 0.840. The smallest absolute Gasteiger partial charge is 0.115 e. The quantitative estimate of drug-likeness (QED) is 0.784. The number of aliphatic hydroxyl groups excluding tert-OH is 2. The molecule has 0 bridgehead atoms. The van der Waals surface area contributed by atoms with Crippen LogP contribution in [0.25, 0.3) is 0 Å². The Kier molecular flexibility index (Phi) is 3.71. The lowest BCUT2D eigenvalue weighted by Crippen LogP contribution is -2.36. The van der Waals surface area contributed by atoms with Crippen molar-refractivity contribution >= 4 is 0 Å². The van der Waals surface area contributed by atoms with E-state index in [9.17, 15) is 15.3 Å². The topological polar surface area (TPSA) is 63.9 Å². The van der Waals surface area contributed by atoms with Crippen LogP contribution in [-0.2, 0) is 0 Å². The summed E-state index contributed by atoms with van der Waals surface area (Å²) in [5, 5.41) is 29.5. The van der Waals surface area contributed by atoms with Gasteiger partial charge in [-0.25, -0.2) is 0 Å². The fraction of sp³-hybridized carbons (Fsp3) is 0.625. The molecule has 4 nitrogen and oxygen atoms in total. The van der Waals surface area contributed by atoms with Gasteiger partial charge < -0.3 is 15.3 Å². The predicted molar refractivity (Wildman–Crippen MR) is 76.3 cm³/mol. The van der Waals surface area contributed by atoms with Crippen LogP contribution >= 0.6 is 0 Å². The molecule has 0 aromatic heterocycles. The predicted octanol–water partition coefficient (Wildman–Crippen LogP) is 1.52. The highest BCUT2D eigenvalue weighted by molar-refractivity contribution is 5.28. The monoisotopic (exact) mass is 277 g/mol. The molecule has 2 aliphatic rings. The number of rotatable bonds is 3. The Labute approximate surface area is 119 Å². The summed E-state index contributed by atoms with van der Waals surface area (Å²) in [4.78, 5) is 2.33. The van der Waals surface area contributed by atoms with Crippen LogP contribution in [0, 0.1) is 11.8 Å². The number of nitrogens with zero attached hydrogens (tertiary/aromatic N) is 1. The third-order valence-electron chi connectivity index (χ3n) is 5.02. The van der Waals surface area contributed by atoms with E-state index < -0.39 is 6.10 Å². The molecule has 1 aliphatic carbocycles. The highest BCUT2D eigenvalue weighted by Gasteiger charge is 2.42. The van der Waals surface area contributed by atoms with E-state index in [1.807, 2.05) is 0 Å². The zero-order valence-electron chi connectivity index (χ0n) is 11.8. The molecule has 0 spiro atoms. The number of phenolic OH excluding ortho intramolecular Hbond substituents is 1. The van der Waals surface area contributed by atoms with Gasteiger partial charge in [-0.2, -0.15) is 0 Å². The minimum absolute atomic E-state index is 0.0577. The molecule has 0 amide bonds. The van der Waals surface area contributed by atoms with Gasteiger partial charge in [0.1, 0.15) is 5.75 Å². The number of aromatic hydroxyl groups is 1. The highest BCUT2D eigenvalue weighted by atomic mass is 16.3. The van der Waals surface area contributed by atoms with E-state index >= 15 is 0 Å². The van der Waals surface area contributed by atoms with Gasteiger partial charge in [-0.05, 0) is 49.3 Å². The van der Waals surface area contributed by atoms with Crippen LogP contribution in [0.5, 0.6) is 5.75 Å². The Morgan fingerprint density at radius 3 is 2.20 bits per heavy atom. The van der Waals surface area contributed by atoms with E-state index in [1.54, 1.807) is 24.3 Å². The van der Waals surface area contributed by atoms with Crippen molar-refractivity contribution in [3.63, 3.8) is 0 Å². The molecule has 1 heterocycles. The van der Waals surface area contributed by atoms with Crippen molar-refractivity contribution < 1.29 is 15.3 Å². The van der Waals surface area contributed by atoms with Gasteiger partial charge in [-0.15, -0.1) is 0 Å². The molecule has 3 rings (SSSR count). The van der Waals surface area contributed by atoms with Crippen molar-refractivity contribution in [2.75, 3.05) is 13.1 Å². The summed E-state index contributed by atoms with van der Waals surface area (Å²) in [6.07, 6.45) is 1.15. The average Bonchev–Trinajstić information content (AvgIpc) is 2.95. The number of phenols is 1. The second kappa shape index (κ2) is 5.35. The molecule has 5 atom stereocenters. The minimum atomic E-state index is -0.542. The van der Waals surface area contributed by atoms with Crippen molar-refractivity contribution in [2.24, 2.45) is 11.8 Å². The first kappa shape index (κ1) is 13.9. The number of benzene rings is 1. The maximum Gasteiger partial charge on any atom is 0.115 e. The third kappa shape index (κ3) is 2.55. The first-order chi connectivity index (χ1) is 9.54. The lowest BCUT2D eigenvalue weighted by Gasteiger charge is -2.29. The summed E-state index contributed by atoms with van der Waals surface area (Å²) in [6.45, 7) is 3.99. The fourth-order valence-electron chi connectivity index (χ4n) is 3.79. The van der Waals surface area contributed by atoms with Crippen molar-refractivity contribution in [2.45, 2.75) is 38.0 Å². The summed E-state index contributed by atoms with van der Waals surface area (Å²) in [6, 6.07) is 6.83. The largest absolute Gasteiger partial charge is 0.508 e. The molecule has 1 saturated carbocycles. The zero-order valence-corrected chi connectivity index (χ0v) is 11.8. The Bertz CT molecular complexity index is 447. The number of fused-ring (bicyclic) bond motifs is 1. The zero-order chi connectivity index (χ0) is 14.3. The van der Waals surface area contributed by atoms with Crippen LogP contribution in [-0.4, -0.2) is 45.5 Å². The van der Waals surface area contributed by atoms with Gasteiger partial charge in [0.05, 0.1) is 12.2 Å². The Hall–Kier alpha value is -1.10. The SMILES string of the molecule is CC(C(O)c1ccc(O)cc1)N1C[C@H]2CC(O)C[C@H]2C1. The lowest BCUT2D eigenvalue weighted by molar-refractivity contribution is 0.0626. The fourth-order valence-corrected chi connectivity index (χ4v) is 3.79. The van der Waals surface area contributed by atoms with E-state index in [0.29, 0.717) is 11.8 Å². The molecule has 1 aromatic carbocycles. The van der Waals surface area contributed by atoms with E-state index in [2.05, 4.69) is 11.8 Å². The molecule has 3 N–H and O–H groups in total. The second-order valence-electron chi connectivity index (χ2n) is 6.38. The maximum absolute atomic E-state index is 10.5. The van der Waals surface area contributed by atoms with E-state index in [0.717, 1.165) is 31.5 Å². The molecule has 110 valence electrons.